The number of methoxy groups -OCH3 is 1. The molecule has 1 N–H and O–H groups in total. The summed E-state index contributed by atoms with van der Waals surface area (Å²) < 4.78 is 10.6. The highest BCUT2D eigenvalue weighted by Crippen LogP contribution is 2.22. The number of amides is 2. The molecule has 1 aliphatic rings. The zero-order valence-electron chi connectivity index (χ0n) is 22.0. The van der Waals surface area contributed by atoms with Crippen molar-refractivity contribution in [3.05, 3.63) is 59.9 Å². The number of piperidine rings is 1. The van der Waals surface area contributed by atoms with Gasteiger partial charge in [0.05, 0.1) is 13.7 Å². The third-order valence-electron chi connectivity index (χ3n) is 6.71. The highest BCUT2D eigenvalue weighted by Gasteiger charge is 2.27. The Morgan fingerprint density at radius 3 is 2.51 bits per heavy atom. The van der Waals surface area contributed by atoms with Gasteiger partial charge in [0.2, 0.25) is 11.8 Å². The summed E-state index contributed by atoms with van der Waals surface area (Å²) in [6.07, 6.45) is 7.09. The van der Waals surface area contributed by atoms with Gasteiger partial charge in [-0.1, -0.05) is 31.5 Å². The van der Waals surface area contributed by atoms with Crippen LogP contribution >= 0.6 is 0 Å². The number of carbonyl (C=O) groups is 3. The van der Waals surface area contributed by atoms with Gasteiger partial charge in [-0.05, 0) is 61.4 Å². The van der Waals surface area contributed by atoms with E-state index in [0.717, 1.165) is 42.7 Å². The molecule has 2 heterocycles. The predicted molar refractivity (Wildman–Crippen MR) is 141 cm³/mol. The Labute approximate surface area is 219 Å². The Morgan fingerprint density at radius 1 is 1.11 bits per heavy atom. The van der Waals surface area contributed by atoms with Gasteiger partial charge in [-0.2, -0.15) is 0 Å². The average Bonchev–Trinajstić information content (AvgIpc) is 2.93. The average molecular weight is 510 g/mol. The maximum absolute atomic E-state index is 12.8. The van der Waals surface area contributed by atoms with E-state index >= 15 is 0 Å². The van der Waals surface area contributed by atoms with Crippen LogP contribution in [-0.4, -0.2) is 60.5 Å². The molecule has 1 aliphatic heterocycles. The van der Waals surface area contributed by atoms with Crippen LogP contribution in [0.25, 0.3) is 0 Å². The molecule has 8 nitrogen and oxygen atoms in total. The summed E-state index contributed by atoms with van der Waals surface area (Å²) >= 11 is 0. The number of rotatable bonds is 13. The lowest BCUT2D eigenvalue weighted by Crippen LogP contribution is -2.44. The van der Waals surface area contributed by atoms with Gasteiger partial charge in [0, 0.05) is 44.2 Å². The summed E-state index contributed by atoms with van der Waals surface area (Å²) in [6.45, 7) is 4.08. The molecule has 2 aromatic rings. The number of unbranched alkanes of at least 4 members (excludes halogenated alkanes) is 1. The van der Waals surface area contributed by atoms with Gasteiger partial charge in [-0.3, -0.25) is 14.6 Å². The van der Waals surface area contributed by atoms with E-state index in [0.29, 0.717) is 45.4 Å². The van der Waals surface area contributed by atoms with Crippen LogP contribution in [0.2, 0.25) is 0 Å². The van der Waals surface area contributed by atoms with E-state index < -0.39 is 12.0 Å². The summed E-state index contributed by atoms with van der Waals surface area (Å²) in [4.78, 5) is 43.9. The van der Waals surface area contributed by atoms with Crippen molar-refractivity contribution in [1.29, 1.82) is 0 Å². The number of carbonyl (C=O) groups excluding carboxylic acids is 3. The first-order valence-electron chi connectivity index (χ1n) is 13.2. The second kappa shape index (κ2) is 15.0. The lowest BCUT2D eigenvalue weighted by Gasteiger charge is -2.32. The van der Waals surface area contributed by atoms with Crippen molar-refractivity contribution in [2.45, 2.75) is 64.3 Å². The number of pyridine rings is 1. The van der Waals surface area contributed by atoms with Crippen molar-refractivity contribution >= 4 is 17.8 Å². The molecule has 3 rings (SSSR count). The summed E-state index contributed by atoms with van der Waals surface area (Å²) in [7, 11) is 1.33. The summed E-state index contributed by atoms with van der Waals surface area (Å²) in [5.41, 5.74) is 1.83. The lowest BCUT2D eigenvalue weighted by atomic mass is 9.92. The molecule has 0 unspecified atom stereocenters. The van der Waals surface area contributed by atoms with Crippen molar-refractivity contribution in [3.63, 3.8) is 0 Å². The van der Waals surface area contributed by atoms with Crippen LogP contribution in [0.3, 0.4) is 0 Å². The minimum absolute atomic E-state index is 0.126. The van der Waals surface area contributed by atoms with E-state index in [1.165, 1.54) is 7.11 Å². The second-order valence-corrected chi connectivity index (χ2v) is 9.54. The molecule has 0 radical (unpaired) electrons. The van der Waals surface area contributed by atoms with Crippen LogP contribution in [0.1, 0.15) is 56.7 Å². The van der Waals surface area contributed by atoms with Crippen molar-refractivity contribution in [1.82, 2.24) is 15.2 Å². The molecular formula is C29H39N3O5. The fourth-order valence-corrected chi connectivity index (χ4v) is 4.47. The van der Waals surface area contributed by atoms with E-state index in [9.17, 15) is 14.4 Å². The Bertz CT molecular complexity index is 988. The number of hydrogen-bond acceptors (Lipinski definition) is 6. The molecule has 0 bridgehead atoms. The molecule has 8 heteroatoms. The fraction of sp³-hybridized carbons (Fsp3) is 0.517. The molecule has 200 valence electrons. The molecule has 1 aromatic carbocycles. The quantitative estimate of drug-likeness (QED) is 0.327. The normalized spacial score (nSPS) is 14.6. The Kier molecular flexibility index (Phi) is 11.4. The molecule has 1 aromatic heterocycles. The van der Waals surface area contributed by atoms with Crippen LogP contribution in [0, 0.1) is 5.92 Å². The molecule has 1 atom stereocenters. The lowest BCUT2D eigenvalue weighted by molar-refractivity contribution is -0.145. The molecule has 0 saturated carbocycles. The number of likely N-dealkylation sites (tertiary alicyclic amines) is 1. The molecule has 1 fully saturated rings. The molecular weight excluding hydrogens is 470 g/mol. The summed E-state index contributed by atoms with van der Waals surface area (Å²) in [5, 5.41) is 2.86. The van der Waals surface area contributed by atoms with Crippen LogP contribution in [-0.2, 0) is 32.0 Å². The number of benzene rings is 1. The van der Waals surface area contributed by atoms with Crippen LogP contribution in [0.5, 0.6) is 5.75 Å². The first-order valence-corrected chi connectivity index (χ1v) is 13.2. The standard InChI is InChI=1S/C29H39N3O5/c1-3-4-19-37-25-11-8-22(9-12-25)20-26(29(35)36-2)31-27(33)21-23-14-17-32(18-15-23)28(34)13-10-24-7-5-6-16-30-24/h5-9,11-12,16,23,26H,3-4,10,13-15,17-21H2,1-2H3,(H,31,33)/t26-/m0/s1. The van der Waals surface area contributed by atoms with Crippen molar-refractivity contribution in [2.75, 3.05) is 26.8 Å². The zero-order chi connectivity index (χ0) is 26.5. The smallest absolute Gasteiger partial charge is 0.328 e. The topological polar surface area (TPSA) is 97.8 Å². The highest BCUT2D eigenvalue weighted by molar-refractivity contribution is 5.84. The molecule has 1 saturated heterocycles. The predicted octanol–water partition coefficient (Wildman–Crippen LogP) is 3.72. The van der Waals surface area contributed by atoms with Gasteiger partial charge < -0.3 is 19.7 Å². The SMILES string of the molecule is CCCCOc1ccc(C[C@H](NC(=O)CC2CCN(C(=O)CCc3ccccn3)CC2)C(=O)OC)cc1. The Hall–Kier alpha value is -3.42. The van der Waals surface area contributed by atoms with Crippen LogP contribution < -0.4 is 10.1 Å². The number of esters is 1. The van der Waals surface area contributed by atoms with Gasteiger partial charge >= 0.3 is 5.97 Å². The minimum atomic E-state index is -0.752. The number of hydrogen-bond donors (Lipinski definition) is 1. The maximum atomic E-state index is 12.8. The highest BCUT2D eigenvalue weighted by atomic mass is 16.5. The molecule has 37 heavy (non-hydrogen) atoms. The van der Waals surface area contributed by atoms with E-state index in [1.54, 1.807) is 6.20 Å². The van der Waals surface area contributed by atoms with E-state index in [-0.39, 0.29) is 17.7 Å². The fourth-order valence-electron chi connectivity index (χ4n) is 4.47. The van der Waals surface area contributed by atoms with E-state index in [4.69, 9.17) is 9.47 Å². The van der Waals surface area contributed by atoms with Gasteiger partial charge in [0.25, 0.3) is 0 Å². The molecule has 0 aliphatic carbocycles. The van der Waals surface area contributed by atoms with Gasteiger partial charge in [-0.15, -0.1) is 0 Å². The number of ether oxygens (including phenoxy) is 2. The first-order chi connectivity index (χ1) is 18.0. The van der Waals surface area contributed by atoms with Crippen LogP contribution in [0.4, 0.5) is 0 Å². The van der Waals surface area contributed by atoms with Gasteiger partial charge in [0.1, 0.15) is 11.8 Å². The number of aromatic nitrogens is 1. The second-order valence-electron chi connectivity index (χ2n) is 9.54. The monoisotopic (exact) mass is 509 g/mol. The Balaban J connectivity index is 1.43. The third kappa shape index (κ3) is 9.52. The number of aryl methyl sites for hydroxylation is 1. The molecule has 0 spiro atoms. The van der Waals surface area contributed by atoms with Crippen LogP contribution in [0.15, 0.2) is 48.7 Å². The Morgan fingerprint density at radius 2 is 1.86 bits per heavy atom. The maximum Gasteiger partial charge on any atom is 0.328 e. The summed E-state index contributed by atoms with van der Waals surface area (Å²) in [5.74, 6) is 0.455. The summed E-state index contributed by atoms with van der Waals surface area (Å²) in [6, 6.07) is 12.5. The van der Waals surface area contributed by atoms with Crippen molar-refractivity contribution in [3.8, 4) is 5.75 Å². The van der Waals surface area contributed by atoms with Gasteiger partial charge in [0.15, 0.2) is 0 Å². The van der Waals surface area contributed by atoms with E-state index in [1.807, 2.05) is 47.4 Å². The zero-order valence-corrected chi connectivity index (χ0v) is 22.0. The van der Waals surface area contributed by atoms with Crippen molar-refractivity contribution < 1.29 is 23.9 Å². The molecule has 2 amide bonds. The van der Waals surface area contributed by atoms with Gasteiger partial charge in [-0.25, -0.2) is 4.79 Å². The third-order valence-corrected chi connectivity index (χ3v) is 6.71. The number of nitrogens with zero attached hydrogens (tertiary/aromatic N) is 2. The minimum Gasteiger partial charge on any atom is -0.494 e. The van der Waals surface area contributed by atoms with E-state index in [2.05, 4.69) is 17.2 Å². The largest absolute Gasteiger partial charge is 0.494 e. The van der Waals surface area contributed by atoms with Crippen molar-refractivity contribution in [2.24, 2.45) is 5.92 Å². The first kappa shape index (κ1) is 28.2. The number of nitrogens with one attached hydrogen (secondary N) is 1.